The smallest absolute Gasteiger partial charge is 0.264 e. The second-order valence-electron chi connectivity index (χ2n) is 9.24. The molecule has 0 radical (unpaired) electrons. The number of hydrogen-bond donors (Lipinski definition) is 1. The van der Waals surface area contributed by atoms with Crippen LogP contribution in [0.3, 0.4) is 0 Å². The molecule has 3 aromatic carbocycles. The van der Waals surface area contributed by atoms with Crippen molar-refractivity contribution >= 4 is 50.7 Å². The number of aryl methyl sites for hydroxylation is 1. The van der Waals surface area contributed by atoms with Gasteiger partial charge in [0.05, 0.1) is 10.6 Å². The number of carbonyl (C=O) groups is 2. The molecule has 0 fully saturated rings. The Hall–Kier alpha value is -3.07. The minimum absolute atomic E-state index is 0.0389. The van der Waals surface area contributed by atoms with Crippen LogP contribution in [0, 0.1) is 6.92 Å². The topological polar surface area (TPSA) is 86.8 Å². The summed E-state index contributed by atoms with van der Waals surface area (Å²) in [6.07, 6.45) is 0. The minimum Gasteiger partial charge on any atom is -0.352 e. The Morgan fingerprint density at radius 2 is 1.50 bits per heavy atom. The van der Waals surface area contributed by atoms with Crippen LogP contribution in [0.2, 0.25) is 10.0 Å². The molecule has 38 heavy (non-hydrogen) atoms. The summed E-state index contributed by atoms with van der Waals surface area (Å²) in [5.41, 5.74) is 1.64. The average molecular weight is 577 g/mol. The number of benzene rings is 3. The SMILES string of the molecule is Cc1cc(Cl)ccc1N(CC(=O)N(Cc1ccc(Cl)cc1)[C@H](C)C(=O)NC(C)C)S(=O)(=O)c1ccccc1. The summed E-state index contributed by atoms with van der Waals surface area (Å²) in [6.45, 7) is 6.56. The van der Waals surface area contributed by atoms with E-state index in [2.05, 4.69) is 5.32 Å². The first kappa shape index (κ1) is 29.5. The van der Waals surface area contributed by atoms with Crippen LogP contribution in [-0.4, -0.2) is 43.8 Å². The van der Waals surface area contributed by atoms with E-state index in [1.165, 1.54) is 17.0 Å². The van der Waals surface area contributed by atoms with Crippen molar-refractivity contribution in [3.8, 4) is 0 Å². The maximum absolute atomic E-state index is 13.9. The molecule has 0 saturated carbocycles. The normalized spacial score (nSPS) is 12.2. The number of nitrogens with one attached hydrogen (secondary N) is 1. The highest BCUT2D eigenvalue weighted by atomic mass is 35.5. The number of carbonyl (C=O) groups excluding carboxylic acids is 2. The van der Waals surface area contributed by atoms with Crippen LogP contribution in [0.15, 0.2) is 77.7 Å². The van der Waals surface area contributed by atoms with E-state index < -0.39 is 28.5 Å². The summed E-state index contributed by atoms with van der Waals surface area (Å²) in [6, 6.07) is 18.6. The molecule has 0 spiro atoms. The van der Waals surface area contributed by atoms with E-state index in [0.717, 1.165) is 9.87 Å². The molecule has 2 amide bonds. The van der Waals surface area contributed by atoms with Gasteiger partial charge in [0, 0.05) is 22.6 Å². The highest BCUT2D eigenvalue weighted by Gasteiger charge is 2.33. The summed E-state index contributed by atoms with van der Waals surface area (Å²) < 4.78 is 28.7. The van der Waals surface area contributed by atoms with Crippen molar-refractivity contribution in [2.45, 2.75) is 51.2 Å². The minimum atomic E-state index is -4.14. The van der Waals surface area contributed by atoms with Crippen LogP contribution in [0.5, 0.6) is 0 Å². The van der Waals surface area contributed by atoms with Crippen LogP contribution in [0.1, 0.15) is 31.9 Å². The second-order valence-corrected chi connectivity index (χ2v) is 12.0. The lowest BCUT2D eigenvalue weighted by Crippen LogP contribution is -2.52. The Morgan fingerprint density at radius 1 is 0.895 bits per heavy atom. The number of sulfonamides is 1. The zero-order valence-electron chi connectivity index (χ0n) is 21.7. The molecule has 0 aliphatic heterocycles. The van der Waals surface area contributed by atoms with E-state index in [1.54, 1.807) is 74.5 Å². The van der Waals surface area contributed by atoms with Crippen LogP contribution < -0.4 is 9.62 Å². The van der Waals surface area contributed by atoms with Crippen molar-refractivity contribution < 1.29 is 18.0 Å². The van der Waals surface area contributed by atoms with Gasteiger partial charge in [-0.15, -0.1) is 0 Å². The summed E-state index contributed by atoms with van der Waals surface area (Å²) in [7, 11) is -4.14. The standard InChI is InChI=1S/C28H31Cl2N3O4S/c1-19(2)31-28(35)21(4)32(17-22-10-12-23(29)13-11-22)27(34)18-33(26-15-14-24(30)16-20(26)3)38(36,37)25-8-6-5-7-9-25/h5-16,19,21H,17-18H2,1-4H3,(H,31,35)/t21-/m1/s1. The summed E-state index contributed by atoms with van der Waals surface area (Å²) in [4.78, 5) is 28.2. The van der Waals surface area contributed by atoms with Crippen molar-refractivity contribution in [1.29, 1.82) is 0 Å². The van der Waals surface area contributed by atoms with Gasteiger partial charge in [0.25, 0.3) is 10.0 Å². The number of nitrogens with zero attached hydrogens (tertiary/aromatic N) is 2. The van der Waals surface area contributed by atoms with Gasteiger partial charge in [-0.3, -0.25) is 13.9 Å². The molecule has 0 bridgehead atoms. The van der Waals surface area contributed by atoms with E-state index in [4.69, 9.17) is 23.2 Å². The monoisotopic (exact) mass is 575 g/mol. The van der Waals surface area contributed by atoms with Gasteiger partial charge >= 0.3 is 0 Å². The molecule has 0 aliphatic carbocycles. The quantitative estimate of drug-likeness (QED) is 0.348. The fraction of sp³-hybridized carbons (Fsp3) is 0.286. The molecule has 0 aliphatic rings. The molecule has 1 atom stereocenters. The van der Waals surface area contributed by atoms with Crippen LogP contribution in [-0.2, 0) is 26.2 Å². The maximum atomic E-state index is 13.9. The molecule has 202 valence electrons. The van der Waals surface area contributed by atoms with Gasteiger partial charge < -0.3 is 10.2 Å². The van der Waals surface area contributed by atoms with Gasteiger partial charge in [-0.25, -0.2) is 8.42 Å². The zero-order chi connectivity index (χ0) is 28.0. The lowest BCUT2D eigenvalue weighted by atomic mass is 10.1. The number of rotatable bonds is 10. The Labute approximate surface area is 234 Å². The molecule has 0 aromatic heterocycles. The number of hydrogen-bond acceptors (Lipinski definition) is 4. The van der Waals surface area contributed by atoms with Gasteiger partial charge in [0.1, 0.15) is 12.6 Å². The van der Waals surface area contributed by atoms with Gasteiger partial charge in [-0.2, -0.15) is 0 Å². The first-order valence-electron chi connectivity index (χ1n) is 12.1. The molecular formula is C28H31Cl2N3O4S. The van der Waals surface area contributed by atoms with E-state index in [1.807, 2.05) is 13.8 Å². The van der Waals surface area contributed by atoms with Crippen molar-refractivity contribution in [3.05, 3.63) is 94.0 Å². The molecule has 0 saturated heterocycles. The third-order valence-corrected chi connectivity index (χ3v) is 8.16. The second kappa shape index (κ2) is 12.7. The fourth-order valence-corrected chi connectivity index (χ4v) is 5.76. The summed E-state index contributed by atoms with van der Waals surface area (Å²) >= 11 is 12.2. The van der Waals surface area contributed by atoms with Gasteiger partial charge in [-0.1, -0.05) is 53.5 Å². The van der Waals surface area contributed by atoms with E-state index in [0.29, 0.717) is 21.3 Å². The molecule has 3 rings (SSSR count). The number of anilines is 1. The first-order valence-corrected chi connectivity index (χ1v) is 14.3. The average Bonchev–Trinajstić information content (AvgIpc) is 2.87. The first-order chi connectivity index (χ1) is 17.9. The Kier molecular flexibility index (Phi) is 9.82. The van der Waals surface area contributed by atoms with Gasteiger partial charge in [0.2, 0.25) is 11.8 Å². The van der Waals surface area contributed by atoms with E-state index in [9.17, 15) is 18.0 Å². The van der Waals surface area contributed by atoms with Crippen molar-refractivity contribution in [2.75, 3.05) is 10.8 Å². The summed E-state index contributed by atoms with van der Waals surface area (Å²) in [5.74, 6) is -0.886. The van der Waals surface area contributed by atoms with E-state index in [-0.39, 0.29) is 23.4 Å². The van der Waals surface area contributed by atoms with Crippen molar-refractivity contribution in [2.24, 2.45) is 0 Å². The maximum Gasteiger partial charge on any atom is 0.264 e. The van der Waals surface area contributed by atoms with Crippen LogP contribution >= 0.6 is 23.2 Å². The van der Waals surface area contributed by atoms with Crippen molar-refractivity contribution in [1.82, 2.24) is 10.2 Å². The fourth-order valence-electron chi connectivity index (χ4n) is 3.91. The largest absolute Gasteiger partial charge is 0.352 e. The Morgan fingerprint density at radius 3 is 2.08 bits per heavy atom. The van der Waals surface area contributed by atoms with Crippen LogP contribution in [0.4, 0.5) is 5.69 Å². The Balaban J connectivity index is 2.05. The Bertz CT molecular complexity index is 1380. The molecule has 1 N–H and O–H groups in total. The predicted molar refractivity (Wildman–Crippen MR) is 152 cm³/mol. The highest BCUT2D eigenvalue weighted by molar-refractivity contribution is 7.92. The molecular weight excluding hydrogens is 545 g/mol. The molecule has 10 heteroatoms. The molecule has 7 nitrogen and oxygen atoms in total. The predicted octanol–water partition coefficient (Wildman–Crippen LogP) is 5.44. The van der Waals surface area contributed by atoms with Gasteiger partial charge in [0.15, 0.2) is 0 Å². The lowest BCUT2D eigenvalue weighted by molar-refractivity contribution is -0.139. The molecule has 0 unspecified atom stereocenters. The third kappa shape index (κ3) is 7.28. The lowest BCUT2D eigenvalue weighted by Gasteiger charge is -2.32. The number of amides is 2. The molecule has 3 aromatic rings. The van der Waals surface area contributed by atoms with Gasteiger partial charge in [-0.05, 0) is 81.3 Å². The van der Waals surface area contributed by atoms with Crippen LogP contribution in [0.25, 0.3) is 0 Å². The number of halogens is 2. The highest BCUT2D eigenvalue weighted by Crippen LogP contribution is 2.29. The molecule has 0 heterocycles. The summed E-state index contributed by atoms with van der Waals surface area (Å²) in [5, 5.41) is 3.81. The van der Waals surface area contributed by atoms with E-state index >= 15 is 0 Å². The zero-order valence-corrected chi connectivity index (χ0v) is 24.0. The third-order valence-electron chi connectivity index (χ3n) is 5.90. The van der Waals surface area contributed by atoms with Crippen molar-refractivity contribution in [3.63, 3.8) is 0 Å².